The minimum absolute atomic E-state index is 0.665. The molecule has 0 aliphatic rings. The van der Waals surface area contributed by atoms with Crippen molar-refractivity contribution in [3.8, 4) is 0 Å². The lowest BCUT2D eigenvalue weighted by Crippen LogP contribution is -2.02. The van der Waals surface area contributed by atoms with Crippen LogP contribution in [-0.4, -0.2) is 5.11 Å². The third-order valence-electron chi connectivity index (χ3n) is 3.04. The summed E-state index contributed by atoms with van der Waals surface area (Å²) in [6, 6.07) is 11.1. The molecule has 1 nitrogen and oxygen atoms in total. The van der Waals surface area contributed by atoms with E-state index < -0.39 is 6.10 Å². The lowest BCUT2D eigenvalue weighted by Gasteiger charge is -2.15. The van der Waals surface area contributed by atoms with Crippen LogP contribution in [0.4, 0.5) is 0 Å². The molecule has 3 heteroatoms. The van der Waals surface area contributed by atoms with Crippen LogP contribution >= 0.6 is 23.2 Å². The maximum absolute atomic E-state index is 10.4. The van der Waals surface area contributed by atoms with E-state index in [1.54, 1.807) is 12.1 Å². The van der Waals surface area contributed by atoms with Crippen LogP contribution in [0.5, 0.6) is 0 Å². The summed E-state index contributed by atoms with van der Waals surface area (Å²) >= 11 is 12.0. The van der Waals surface area contributed by atoms with E-state index in [1.165, 1.54) is 0 Å². The molecule has 0 spiro atoms. The van der Waals surface area contributed by atoms with Crippen molar-refractivity contribution in [1.82, 2.24) is 0 Å². The van der Waals surface area contributed by atoms with Crippen molar-refractivity contribution in [2.75, 3.05) is 0 Å². The number of aryl methyl sites for hydroxylation is 2. The second-order valence-corrected chi connectivity index (χ2v) is 5.26. The van der Waals surface area contributed by atoms with Crippen LogP contribution in [0.15, 0.2) is 36.4 Å². The fraction of sp³-hybridized carbons (Fsp3) is 0.200. The Balaban J connectivity index is 2.41. The standard InChI is InChI=1S/C15H14Cl2O/c1-9-3-4-11(8-14(9)17)15(18)13-6-5-12(16)7-10(13)2/h3-8,15,18H,1-2H3. The van der Waals surface area contributed by atoms with Gasteiger partial charge in [-0.3, -0.25) is 0 Å². The molecule has 94 valence electrons. The molecular weight excluding hydrogens is 267 g/mol. The van der Waals surface area contributed by atoms with E-state index >= 15 is 0 Å². The predicted octanol–water partition coefficient (Wildman–Crippen LogP) is 4.69. The number of aliphatic hydroxyl groups excluding tert-OH is 1. The molecule has 18 heavy (non-hydrogen) atoms. The molecule has 0 aliphatic carbocycles. The molecule has 0 aliphatic heterocycles. The van der Waals surface area contributed by atoms with E-state index in [2.05, 4.69) is 0 Å². The SMILES string of the molecule is Cc1ccc(C(O)c2ccc(Cl)cc2C)cc1Cl. The number of benzene rings is 2. The summed E-state index contributed by atoms with van der Waals surface area (Å²) in [5.41, 5.74) is 3.60. The van der Waals surface area contributed by atoms with Crippen molar-refractivity contribution in [2.24, 2.45) is 0 Å². The van der Waals surface area contributed by atoms with E-state index in [1.807, 2.05) is 38.1 Å². The highest BCUT2D eigenvalue weighted by Crippen LogP contribution is 2.29. The van der Waals surface area contributed by atoms with Crippen LogP contribution in [0.2, 0.25) is 10.0 Å². The largest absolute Gasteiger partial charge is 0.384 e. The van der Waals surface area contributed by atoms with Gasteiger partial charge in [0.1, 0.15) is 6.10 Å². The van der Waals surface area contributed by atoms with E-state index in [0.29, 0.717) is 10.0 Å². The third kappa shape index (κ3) is 2.69. The van der Waals surface area contributed by atoms with Crippen LogP contribution in [-0.2, 0) is 0 Å². The number of hydrogen-bond acceptors (Lipinski definition) is 1. The minimum atomic E-state index is -0.680. The van der Waals surface area contributed by atoms with E-state index in [4.69, 9.17) is 23.2 Å². The first kappa shape index (κ1) is 13.4. The summed E-state index contributed by atoms with van der Waals surface area (Å²) in [6.07, 6.45) is -0.680. The van der Waals surface area contributed by atoms with Crippen LogP contribution < -0.4 is 0 Å². The monoisotopic (exact) mass is 280 g/mol. The average molecular weight is 281 g/mol. The zero-order valence-electron chi connectivity index (χ0n) is 10.2. The minimum Gasteiger partial charge on any atom is -0.384 e. The van der Waals surface area contributed by atoms with Gasteiger partial charge in [0, 0.05) is 10.0 Å². The fourth-order valence-corrected chi connectivity index (χ4v) is 2.32. The van der Waals surface area contributed by atoms with Gasteiger partial charge < -0.3 is 5.11 Å². The summed E-state index contributed by atoms with van der Waals surface area (Å²) in [5, 5.41) is 11.7. The molecule has 0 radical (unpaired) electrons. The van der Waals surface area contributed by atoms with Crippen LogP contribution in [0.25, 0.3) is 0 Å². The Hall–Kier alpha value is -1.02. The van der Waals surface area contributed by atoms with Gasteiger partial charge >= 0.3 is 0 Å². The van der Waals surface area contributed by atoms with Crippen molar-refractivity contribution in [1.29, 1.82) is 0 Å². The maximum Gasteiger partial charge on any atom is 0.104 e. The number of aliphatic hydroxyl groups is 1. The Labute approximate surface area is 117 Å². The molecule has 0 heterocycles. The predicted molar refractivity (Wildman–Crippen MR) is 76.4 cm³/mol. The molecule has 0 fully saturated rings. The second kappa shape index (κ2) is 5.31. The molecule has 1 atom stereocenters. The Kier molecular flexibility index (Phi) is 3.96. The molecule has 0 saturated heterocycles. The zero-order chi connectivity index (χ0) is 13.3. The van der Waals surface area contributed by atoms with Gasteiger partial charge in [0.05, 0.1) is 0 Å². The third-order valence-corrected chi connectivity index (χ3v) is 3.68. The molecule has 0 amide bonds. The molecular formula is C15H14Cl2O. The first-order chi connectivity index (χ1) is 8.49. The van der Waals surface area contributed by atoms with Crippen molar-refractivity contribution in [3.63, 3.8) is 0 Å². The van der Waals surface area contributed by atoms with Gasteiger partial charge in [-0.25, -0.2) is 0 Å². The topological polar surface area (TPSA) is 20.2 Å². The average Bonchev–Trinajstić information content (AvgIpc) is 2.32. The van der Waals surface area contributed by atoms with Crippen LogP contribution in [0.1, 0.15) is 28.4 Å². The summed E-state index contributed by atoms with van der Waals surface area (Å²) in [4.78, 5) is 0. The number of rotatable bonds is 2. The zero-order valence-corrected chi connectivity index (χ0v) is 11.8. The molecule has 1 N–H and O–H groups in total. The first-order valence-electron chi connectivity index (χ1n) is 5.69. The molecule has 2 rings (SSSR count). The Morgan fingerprint density at radius 2 is 1.67 bits per heavy atom. The lowest BCUT2D eigenvalue weighted by molar-refractivity contribution is 0.219. The van der Waals surface area contributed by atoms with Crippen LogP contribution in [0.3, 0.4) is 0 Å². The van der Waals surface area contributed by atoms with Gasteiger partial charge in [-0.15, -0.1) is 0 Å². The molecule has 0 aromatic heterocycles. The number of halogens is 2. The van der Waals surface area contributed by atoms with Crippen molar-refractivity contribution >= 4 is 23.2 Å². The van der Waals surface area contributed by atoms with E-state index in [0.717, 1.165) is 22.3 Å². The highest BCUT2D eigenvalue weighted by molar-refractivity contribution is 6.31. The normalized spacial score (nSPS) is 12.5. The van der Waals surface area contributed by atoms with Crippen molar-refractivity contribution in [2.45, 2.75) is 20.0 Å². The van der Waals surface area contributed by atoms with Gasteiger partial charge in [0.25, 0.3) is 0 Å². The fourth-order valence-electron chi connectivity index (χ4n) is 1.90. The Morgan fingerprint density at radius 1 is 0.944 bits per heavy atom. The van der Waals surface area contributed by atoms with Gasteiger partial charge in [0.2, 0.25) is 0 Å². The maximum atomic E-state index is 10.4. The molecule has 2 aromatic carbocycles. The molecule has 1 unspecified atom stereocenters. The van der Waals surface area contributed by atoms with Crippen LogP contribution in [0, 0.1) is 13.8 Å². The molecule has 0 bridgehead atoms. The van der Waals surface area contributed by atoms with E-state index in [9.17, 15) is 5.11 Å². The van der Waals surface area contributed by atoms with Crippen molar-refractivity contribution < 1.29 is 5.11 Å². The summed E-state index contributed by atoms with van der Waals surface area (Å²) < 4.78 is 0. The lowest BCUT2D eigenvalue weighted by atomic mass is 9.97. The van der Waals surface area contributed by atoms with E-state index in [-0.39, 0.29) is 0 Å². The molecule has 0 saturated carbocycles. The Morgan fingerprint density at radius 3 is 2.28 bits per heavy atom. The summed E-state index contributed by atoms with van der Waals surface area (Å²) in [7, 11) is 0. The molecule has 2 aromatic rings. The van der Waals surface area contributed by atoms with Gasteiger partial charge in [-0.1, -0.05) is 41.4 Å². The quantitative estimate of drug-likeness (QED) is 0.846. The Bertz CT molecular complexity index is 579. The smallest absolute Gasteiger partial charge is 0.104 e. The first-order valence-corrected chi connectivity index (χ1v) is 6.45. The summed E-state index contributed by atoms with van der Waals surface area (Å²) in [5.74, 6) is 0. The van der Waals surface area contributed by atoms with Gasteiger partial charge in [-0.2, -0.15) is 0 Å². The number of hydrogen-bond donors (Lipinski definition) is 1. The second-order valence-electron chi connectivity index (χ2n) is 4.41. The highest BCUT2D eigenvalue weighted by Gasteiger charge is 2.13. The summed E-state index contributed by atoms with van der Waals surface area (Å²) in [6.45, 7) is 3.87. The van der Waals surface area contributed by atoms with Gasteiger partial charge in [-0.05, 0) is 54.3 Å². The van der Waals surface area contributed by atoms with Crippen molar-refractivity contribution in [3.05, 3.63) is 68.7 Å². The highest BCUT2D eigenvalue weighted by atomic mass is 35.5. The van der Waals surface area contributed by atoms with Gasteiger partial charge in [0.15, 0.2) is 0 Å².